The van der Waals surface area contributed by atoms with Crippen molar-refractivity contribution in [2.24, 2.45) is 5.41 Å². The Morgan fingerprint density at radius 1 is 1.35 bits per heavy atom. The number of rotatable bonds is 7. The van der Waals surface area contributed by atoms with E-state index < -0.39 is 0 Å². The Morgan fingerprint density at radius 2 is 2.00 bits per heavy atom. The second-order valence-corrected chi connectivity index (χ2v) is 6.09. The number of hydrogen-bond donors (Lipinski definition) is 0. The van der Waals surface area contributed by atoms with Crippen molar-refractivity contribution in [2.75, 3.05) is 20.7 Å². The molecule has 0 aliphatic carbocycles. The minimum Gasteiger partial charge on any atom is -0.496 e. The minimum absolute atomic E-state index is 0.252. The Labute approximate surface area is 123 Å². The van der Waals surface area contributed by atoms with Crippen molar-refractivity contribution in [2.45, 2.75) is 39.7 Å². The van der Waals surface area contributed by atoms with Gasteiger partial charge in [-0.1, -0.05) is 18.2 Å². The van der Waals surface area contributed by atoms with Gasteiger partial charge in [0, 0.05) is 6.04 Å². The molecule has 0 spiro atoms. The lowest BCUT2D eigenvalue weighted by Crippen LogP contribution is -2.33. The van der Waals surface area contributed by atoms with Gasteiger partial charge in [0.05, 0.1) is 18.6 Å². The second kappa shape index (κ2) is 7.31. The van der Waals surface area contributed by atoms with Gasteiger partial charge in [-0.2, -0.15) is 5.26 Å². The van der Waals surface area contributed by atoms with Crippen LogP contribution in [0.5, 0.6) is 5.75 Å². The zero-order valence-corrected chi connectivity index (χ0v) is 13.3. The zero-order valence-electron chi connectivity index (χ0n) is 13.3. The quantitative estimate of drug-likeness (QED) is 0.763. The SMILES string of the molecule is COc1ccccc1CC(C)N(C)CCC(C)(C)C#N. The molecule has 0 bridgehead atoms. The Kier molecular flexibility index (Phi) is 6.04. The van der Waals surface area contributed by atoms with Gasteiger partial charge in [-0.3, -0.25) is 0 Å². The van der Waals surface area contributed by atoms with Gasteiger partial charge < -0.3 is 9.64 Å². The van der Waals surface area contributed by atoms with Crippen molar-refractivity contribution in [1.29, 1.82) is 5.26 Å². The van der Waals surface area contributed by atoms with Crippen molar-refractivity contribution in [3.8, 4) is 11.8 Å². The molecular weight excluding hydrogens is 248 g/mol. The Balaban J connectivity index is 2.58. The molecule has 0 saturated carbocycles. The van der Waals surface area contributed by atoms with Crippen LogP contribution in [-0.2, 0) is 6.42 Å². The molecule has 0 fully saturated rings. The summed E-state index contributed by atoms with van der Waals surface area (Å²) in [7, 11) is 3.83. The number of benzene rings is 1. The molecule has 0 aliphatic heterocycles. The number of methoxy groups -OCH3 is 1. The zero-order chi connectivity index (χ0) is 15.2. The molecule has 0 heterocycles. The van der Waals surface area contributed by atoms with Crippen molar-refractivity contribution < 1.29 is 4.74 Å². The van der Waals surface area contributed by atoms with Crippen LogP contribution < -0.4 is 4.74 Å². The third kappa shape index (κ3) is 4.86. The largest absolute Gasteiger partial charge is 0.496 e. The predicted molar refractivity (Wildman–Crippen MR) is 82.8 cm³/mol. The molecule has 0 saturated heterocycles. The molecule has 0 aromatic heterocycles. The lowest BCUT2D eigenvalue weighted by Gasteiger charge is -2.27. The number of ether oxygens (including phenoxy) is 1. The first-order valence-electron chi connectivity index (χ1n) is 7.13. The molecule has 110 valence electrons. The molecular formula is C17H26N2O. The van der Waals surface area contributed by atoms with Crippen LogP contribution in [0.3, 0.4) is 0 Å². The fraction of sp³-hybridized carbons (Fsp3) is 0.588. The number of likely N-dealkylation sites (N-methyl/N-ethyl adjacent to an activating group) is 1. The van der Waals surface area contributed by atoms with E-state index in [-0.39, 0.29) is 5.41 Å². The van der Waals surface area contributed by atoms with E-state index in [1.54, 1.807) is 7.11 Å². The highest BCUT2D eigenvalue weighted by Crippen LogP contribution is 2.22. The third-order valence-corrected chi connectivity index (χ3v) is 3.85. The molecule has 20 heavy (non-hydrogen) atoms. The average Bonchev–Trinajstić information content (AvgIpc) is 2.45. The van der Waals surface area contributed by atoms with Gasteiger partial charge >= 0.3 is 0 Å². The van der Waals surface area contributed by atoms with Crippen molar-refractivity contribution in [3.05, 3.63) is 29.8 Å². The highest BCUT2D eigenvalue weighted by Gasteiger charge is 2.19. The predicted octanol–water partition coefficient (Wildman–Crippen LogP) is 3.50. The van der Waals surface area contributed by atoms with Gasteiger partial charge in [-0.05, 0) is 58.8 Å². The molecule has 1 unspecified atom stereocenters. The summed E-state index contributed by atoms with van der Waals surface area (Å²) in [4.78, 5) is 2.31. The molecule has 3 heteroatoms. The molecule has 0 aliphatic rings. The summed E-state index contributed by atoms with van der Waals surface area (Å²) in [5.74, 6) is 0.949. The van der Waals surface area contributed by atoms with Gasteiger partial charge in [0.2, 0.25) is 0 Å². The number of nitrogens with zero attached hydrogens (tertiary/aromatic N) is 2. The van der Waals surface area contributed by atoms with Crippen LogP contribution in [0, 0.1) is 16.7 Å². The van der Waals surface area contributed by atoms with Gasteiger partial charge in [-0.25, -0.2) is 0 Å². The van der Waals surface area contributed by atoms with Crippen LogP contribution in [-0.4, -0.2) is 31.6 Å². The van der Waals surface area contributed by atoms with Crippen LogP contribution in [0.4, 0.5) is 0 Å². The summed E-state index contributed by atoms with van der Waals surface area (Å²) in [6, 6.07) is 10.9. The monoisotopic (exact) mass is 274 g/mol. The minimum atomic E-state index is -0.252. The fourth-order valence-corrected chi connectivity index (χ4v) is 2.08. The number of hydrogen-bond acceptors (Lipinski definition) is 3. The molecule has 3 nitrogen and oxygen atoms in total. The van der Waals surface area contributed by atoms with Crippen LogP contribution >= 0.6 is 0 Å². The standard InChI is InChI=1S/C17H26N2O/c1-14(19(4)11-10-17(2,3)13-18)12-15-8-6-7-9-16(15)20-5/h6-9,14H,10-12H2,1-5H3. The van der Waals surface area contributed by atoms with Crippen LogP contribution in [0.25, 0.3) is 0 Å². The highest BCUT2D eigenvalue weighted by atomic mass is 16.5. The third-order valence-electron chi connectivity index (χ3n) is 3.85. The highest BCUT2D eigenvalue weighted by molar-refractivity contribution is 5.33. The maximum atomic E-state index is 9.06. The lowest BCUT2D eigenvalue weighted by molar-refractivity contribution is 0.227. The van der Waals surface area contributed by atoms with E-state index in [0.29, 0.717) is 6.04 Å². The fourth-order valence-electron chi connectivity index (χ4n) is 2.08. The number of para-hydroxylation sites is 1. The molecule has 0 N–H and O–H groups in total. The maximum absolute atomic E-state index is 9.06. The van der Waals surface area contributed by atoms with Crippen molar-refractivity contribution in [3.63, 3.8) is 0 Å². The molecule has 1 aromatic rings. The van der Waals surface area contributed by atoms with Crippen molar-refractivity contribution >= 4 is 0 Å². The Morgan fingerprint density at radius 3 is 2.60 bits per heavy atom. The van der Waals surface area contributed by atoms with Gasteiger partial charge in [0.25, 0.3) is 0 Å². The van der Waals surface area contributed by atoms with Gasteiger partial charge in [-0.15, -0.1) is 0 Å². The first-order valence-corrected chi connectivity index (χ1v) is 7.13. The van der Waals surface area contributed by atoms with E-state index in [0.717, 1.165) is 25.1 Å². The smallest absolute Gasteiger partial charge is 0.122 e. The average molecular weight is 274 g/mol. The maximum Gasteiger partial charge on any atom is 0.122 e. The summed E-state index contributed by atoms with van der Waals surface area (Å²) in [5.41, 5.74) is 0.979. The normalized spacial score (nSPS) is 13.1. The van der Waals surface area contributed by atoms with E-state index in [4.69, 9.17) is 10.00 Å². The molecule has 1 rings (SSSR count). The summed E-state index contributed by atoms with van der Waals surface area (Å²) in [5, 5.41) is 9.06. The molecule has 0 radical (unpaired) electrons. The first kappa shape index (κ1) is 16.5. The number of nitriles is 1. The lowest BCUT2D eigenvalue weighted by atomic mass is 9.91. The van der Waals surface area contributed by atoms with Gasteiger partial charge in [0.15, 0.2) is 0 Å². The first-order chi connectivity index (χ1) is 9.39. The van der Waals surface area contributed by atoms with E-state index in [1.165, 1.54) is 5.56 Å². The topological polar surface area (TPSA) is 36.3 Å². The Bertz CT molecular complexity index is 462. The van der Waals surface area contributed by atoms with E-state index in [9.17, 15) is 0 Å². The van der Waals surface area contributed by atoms with Crippen LogP contribution in [0.1, 0.15) is 32.8 Å². The second-order valence-electron chi connectivity index (χ2n) is 6.09. The van der Waals surface area contributed by atoms with Crippen molar-refractivity contribution in [1.82, 2.24) is 4.90 Å². The Hall–Kier alpha value is -1.53. The van der Waals surface area contributed by atoms with Crippen LogP contribution in [0.2, 0.25) is 0 Å². The van der Waals surface area contributed by atoms with E-state index >= 15 is 0 Å². The summed E-state index contributed by atoms with van der Waals surface area (Å²) < 4.78 is 5.40. The summed E-state index contributed by atoms with van der Waals surface area (Å²) in [6.45, 7) is 7.13. The summed E-state index contributed by atoms with van der Waals surface area (Å²) >= 11 is 0. The van der Waals surface area contributed by atoms with E-state index in [1.807, 2.05) is 32.0 Å². The van der Waals surface area contributed by atoms with Crippen LogP contribution in [0.15, 0.2) is 24.3 Å². The molecule has 1 aromatic carbocycles. The molecule has 0 amide bonds. The molecule has 1 atom stereocenters. The van der Waals surface area contributed by atoms with Gasteiger partial charge in [0.1, 0.15) is 5.75 Å². The summed E-state index contributed by atoms with van der Waals surface area (Å²) in [6.07, 6.45) is 1.84. The van der Waals surface area contributed by atoms with E-state index in [2.05, 4.69) is 31.0 Å².